The van der Waals surface area contributed by atoms with Crippen molar-refractivity contribution < 1.29 is 13.9 Å². The number of carbonyl (C=O) groups is 1. The van der Waals surface area contributed by atoms with Gasteiger partial charge in [-0.15, -0.1) is 11.3 Å². The molecule has 0 atom stereocenters. The summed E-state index contributed by atoms with van der Waals surface area (Å²) < 4.78 is 20.6. The Kier molecular flexibility index (Phi) is 5.40. The molecule has 2 N–H and O–H groups in total. The minimum absolute atomic E-state index is 0.182. The van der Waals surface area contributed by atoms with Crippen LogP contribution in [0.5, 0.6) is 5.75 Å². The van der Waals surface area contributed by atoms with Gasteiger partial charge in [-0.2, -0.15) is 0 Å². The number of fused-ring (bicyclic) bond motifs is 1. The maximum absolute atomic E-state index is 13.5. The molecule has 0 aliphatic heterocycles. The molecular formula is C26H20FN3O2S. The number of anilines is 1. The van der Waals surface area contributed by atoms with Crippen molar-refractivity contribution in [3.63, 3.8) is 0 Å². The lowest BCUT2D eigenvalue weighted by Crippen LogP contribution is -2.08. The maximum atomic E-state index is 13.5. The smallest absolute Gasteiger partial charge is 0.211 e. The molecule has 164 valence electrons. The molecule has 5 rings (SSSR count). The van der Waals surface area contributed by atoms with Gasteiger partial charge in [-0.3, -0.25) is 4.79 Å². The Bertz CT molecular complexity index is 1450. The largest absolute Gasteiger partial charge is 0.494 e. The van der Waals surface area contributed by atoms with Gasteiger partial charge in [-0.05, 0) is 67.6 Å². The number of nitrogen functional groups attached to an aromatic ring is 1. The van der Waals surface area contributed by atoms with Gasteiger partial charge < -0.3 is 14.9 Å². The predicted octanol–water partition coefficient (Wildman–Crippen LogP) is 6.08. The van der Waals surface area contributed by atoms with Crippen LogP contribution in [0.3, 0.4) is 0 Å². The number of carbonyl (C=O) groups excluding carboxylic acids is 1. The number of ether oxygens (including phenoxy) is 1. The molecule has 0 radical (unpaired) electrons. The first-order valence-corrected chi connectivity index (χ1v) is 11.3. The molecule has 5 nitrogen and oxygen atoms in total. The number of rotatable bonds is 6. The van der Waals surface area contributed by atoms with Crippen LogP contribution in [0.1, 0.15) is 23.0 Å². The van der Waals surface area contributed by atoms with Crippen molar-refractivity contribution >= 4 is 28.3 Å². The Hall–Kier alpha value is -3.97. The van der Waals surface area contributed by atoms with Crippen LogP contribution in [0.25, 0.3) is 27.3 Å². The first kappa shape index (κ1) is 20.9. The number of halogens is 1. The van der Waals surface area contributed by atoms with Crippen molar-refractivity contribution in [1.82, 2.24) is 9.38 Å². The fraction of sp³-hybridized carbons (Fsp3) is 0.0769. The molecule has 0 amide bonds. The van der Waals surface area contributed by atoms with Crippen molar-refractivity contribution in [2.75, 3.05) is 12.3 Å². The topological polar surface area (TPSA) is 69.6 Å². The van der Waals surface area contributed by atoms with E-state index in [0.29, 0.717) is 39.9 Å². The summed E-state index contributed by atoms with van der Waals surface area (Å²) in [6, 6.07) is 18.9. The number of hydrogen-bond donors (Lipinski definition) is 1. The molecular weight excluding hydrogens is 437 g/mol. The molecule has 33 heavy (non-hydrogen) atoms. The predicted molar refractivity (Wildman–Crippen MR) is 129 cm³/mol. The summed E-state index contributed by atoms with van der Waals surface area (Å²) in [5.74, 6) is 0.228. The van der Waals surface area contributed by atoms with E-state index in [9.17, 15) is 9.18 Å². The highest BCUT2D eigenvalue weighted by molar-refractivity contribution is 7.13. The van der Waals surface area contributed by atoms with Gasteiger partial charge >= 0.3 is 0 Å². The Labute approximate surface area is 193 Å². The lowest BCUT2D eigenvalue weighted by Gasteiger charge is -2.06. The average molecular weight is 458 g/mol. The monoisotopic (exact) mass is 457 g/mol. The first-order chi connectivity index (χ1) is 16.1. The van der Waals surface area contributed by atoms with Crippen LogP contribution in [0, 0.1) is 5.82 Å². The van der Waals surface area contributed by atoms with Crippen LogP contribution in [0.2, 0.25) is 0 Å². The molecule has 0 spiro atoms. The van der Waals surface area contributed by atoms with Crippen LogP contribution in [-0.4, -0.2) is 21.8 Å². The minimum atomic E-state index is -0.297. The summed E-state index contributed by atoms with van der Waals surface area (Å²) in [5, 5.41) is 2.60. The van der Waals surface area contributed by atoms with Gasteiger partial charge in [0.25, 0.3) is 0 Å². The second-order valence-corrected chi connectivity index (χ2v) is 8.28. The third kappa shape index (κ3) is 3.76. The Balaban J connectivity index is 1.60. The molecule has 0 aliphatic carbocycles. The molecule has 2 aromatic carbocycles. The highest BCUT2D eigenvalue weighted by Crippen LogP contribution is 2.39. The minimum Gasteiger partial charge on any atom is -0.494 e. The zero-order valence-electron chi connectivity index (χ0n) is 17.8. The normalized spacial score (nSPS) is 11.1. The van der Waals surface area contributed by atoms with E-state index < -0.39 is 0 Å². The number of aromatic nitrogens is 2. The fourth-order valence-electron chi connectivity index (χ4n) is 3.83. The Morgan fingerprint density at radius 1 is 1.09 bits per heavy atom. The molecule has 0 unspecified atom stereocenters. The maximum Gasteiger partial charge on any atom is 0.211 e. The highest BCUT2D eigenvalue weighted by Gasteiger charge is 2.25. The number of hydrogen-bond acceptors (Lipinski definition) is 5. The molecule has 7 heteroatoms. The quantitative estimate of drug-likeness (QED) is 0.314. The second-order valence-electron chi connectivity index (χ2n) is 7.42. The lowest BCUT2D eigenvalue weighted by atomic mass is 10.1. The van der Waals surface area contributed by atoms with E-state index in [4.69, 9.17) is 15.5 Å². The first-order valence-electron chi connectivity index (χ1n) is 10.4. The highest BCUT2D eigenvalue weighted by atomic mass is 32.1. The van der Waals surface area contributed by atoms with Crippen LogP contribution >= 0.6 is 11.3 Å². The summed E-state index contributed by atoms with van der Waals surface area (Å²) in [6.07, 6.45) is 1.82. The van der Waals surface area contributed by atoms with Crippen molar-refractivity contribution in [2.24, 2.45) is 0 Å². The van der Waals surface area contributed by atoms with Crippen LogP contribution in [0.4, 0.5) is 10.1 Å². The summed E-state index contributed by atoms with van der Waals surface area (Å²) in [7, 11) is 0. The third-order valence-corrected chi connectivity index (χ3v) is 6.24. The molecule has 0 saturated carbocycles. The van der Waals surface area contributed by atoms with Gasteiger partial charge in [-0.25, -0.2) is 9.37 Å². The molecule has 0 aliphatic rings. The molecule has 5 aromatic rings. The van der Waals surface area contributed by atoms with Crippen molar-refractivity contribution in [3.8, 4) is 27.6 Å². The molecule has 0 bridgehead atoms. The van der Waals surface area contributed by atoms with E-state index in [1.165, 1.54) is 23.5 Å². The van der Waals surface area contributed by atoms with Gasteiger partial charge in [0.2, 0.25) is 5.78 Å². The number of thiazole rings is 1. The van der Waals surface area contributed by atoms with E-state index in [1.807, 2.05) is 41.1 Å². The third-order valence-electron chi connectivity index (χ3n) is 5.38. The SMILES string of the molecule is CCOc1ccc(C(=O)c2c(N)c(-c3nc(-c4ccc(F)cc4)cs3)c3ccccn23)cc1. The van der Waals surface area contributed by atoms with E-state index in [-0.39, 0.29) is 11.6 Å². The van der Waals surface area contributed by atoms with E-state index in [2.05, 4.69) is 0 Å². The molecule has 3 aromatic heterocycles. The fourth-order valence-corrected chi connectivity index (χ4v) is 4.73. The van der Waals surface area contributed by atoms with Gasteiger partial charge in [0, 0.05) is 22.7 Å². The molecule has 3 heterocycles. The van der Waals surface area contributed by atoms with Crippen molar-refractivity contribution in [1.29, 1.82) is 0 Å². The van der Waals surface area contributed by atoms with Gasteiger partial charge in [-0.1, -0.05) is 6.07 Å². The summed E-state index contributed by atoms with van der Waals surface area (Å²) >= 11 is 1.43. The number of nitrogens with zero attached hydrogens (tertiary/aromatic N) is 2. The van der Waals surface area contributed by atoms with Crippen molar-refractivity contribution in [2.45, 2.75) is 6.92 Å². The van der Waals surface area contributed by atoms with Gasteiger partial charge in [0.05, 0.1) is 29.1 Å². The van der Waals surface area contributed by atoms with Crippen molar-refractivity contribution in [3.05, 3.63) is 95.4 Å². The molecule has 0 saturated heterocycles. The van der Waals surface area contributed by atoms with Gasteiger partial charge in [0.1, 0.15) is 22.3 Å². The summed E-state index contributed by atoms with van der Waals surface area (Å²) in [6.45, 7) is 2.47. The zero-order valence-corrected chi connectivity index (χ0v) is 18.6. The Morgan fingerprint density at radius 2 is 1.85 bits per heavy atom. The van der Waals surface area contributed by atoms with Gasteiger partial charge in [0.15, 0.2) is 0 Å². The molecule has 0 fully saturated rings. The summed E-state index contributed by atoms with van der Waals surface area (Å²) in [5.41, 5.74) is 10.9. The van der Waals surface area contributed by atoms with Crippen LogP contribution in [0.15, 0.2) is 78.3 Å². The lowest BCUT2D eigenvalue weighted by molar-refractivity contribution is 0.103. The number of benzene rings is 2. The van der Waals surface area contributed by atoms with E-state index in [0.717, 1.165) is 16.8 Å². The van der Waals surface area contributed by atoms with E-state index in [1.54, 1.807) is 36.4 Å². The average Bonchev–Trinajstić information content (AvgIpc) is 3.42. The van der Waals surface area contributed by atoms with Crippen LogP contribution in [-0.2, 0) is 0 Å². The van der Waals surface area contributed by atoms with Crippen LogP contribution < -0.4 is 10.5 Å². The Morgan fingerprint density at radius 3 is 2.58 bits per heavy atom. The number of nitrogens with two attached hydrogens (primary N) is 1. The summed E-state index contributed by atoms with van der Waals surface area (Å²) in [4.78, 5) is 18.2. The zero-order chi connectivity index (χ0) is 22.9. The number of pyridine rings is 1. The standard InChI is InChI=1S/C26H20FN3O2S/c1-2-32-19-12-8-17(9-13-19)25(31)24-23(28)22(21-5-3-4-14-30(21)24)26-29-20(15-33-26)16-6-10-18(27)11-7-16/h3-15H,2,28H2,1H3. The number of ketones is 1. The van der Waals surface area contributed by atoms with E-state index >= 15 is 0 Å². The second kappa shape index (κ2) is 8.52.